The highest BCUT2D eigenvalue weighted by Gasteiger charge is 2.31. The number of carbonyl (C=O) groups excluding carboxylic acids is 1. The van der Waals surface area contributed by atoms with Gasteiger partial charge < -0.3 is 9.80 Å². The summed E-state index contributed by atoms with van der Waals surface area (Å²) in [7, 11) is 1.81. The van der Waals surface area contributed by atoms with Gasteiger partial charge in [-0.25, -0.2) is 4.68 Å². The topological polar surface area (TPSA) is 41.4 Å². The molecule has 0 fully saturated rings. The molecule has 0 N–H and O–H groups in total. The summed E-state index contributed by atoms with van der Waals surface area (Å²) in [6, 6.07) is 17.8. The zero-order chi connectivity index (χ0) is 16.7. The van der Waals surface area contributed by atoms with Crippen LogP contribution in [0.4, 0.5) is 17.2 Å². The van der Waals surface area contributed by atoms with Crippen LogP contribution in [0.15, 0.2) is 60.8 Å². The zero-order valence-corrected chi connectivity index (χ0v) is 13.7. The molecular weight excluding hydrogens is 300 g/mol. The van der Waals surface area contributed by atoms with E-state index in [1.165, 1.54) is 0 Å². The van der Waals surface area contributed by atoms with E-state index in [1.54, 1.807) is 9.58 Å². The van der Waals surface area contributed by atoms with Crippen molar-refractivity contribution in [2.45, 2.75) is 6.92 Å². The van der Waals surface area contributed by atoms with E-state index in [2.05, 4.69) is 11.8 Å². The Kier molecular flexibility index (Phi) is 3.34. The van der Waals surface area contributed by atoms with E-state index in [0.29, 0.717) is 11.4 Å². The van der Waals surface area contributed by atoms with Crippen LogP contribution in [0.1, 0.15) is 17.3 Å². The maximum atomic E-state index is 13.0. The molecule has 2 heterocycles. The molecule has 1 aliphatic rings. The third-order valence-corrected chi connectivity index (χ3v) is 4.36. The largest absolute Gasteiger partial charge is 0.323 e. The molecule has 0 spiro atoms. The fourth-order valence-electron chi connectivity index (χ4n) is 3.13. The van der Waals surface area contributed by atoms with Crippen LogP contribution >= 0.6 is 0 Å². The van der Waals surface area contributed by atoms with E-state index in [9.17, 15) is 4.79 Å². The Hall–Kier alpha value is -3.08. The Labute approximate surface area is 140 Å². The van der Waals surface area contributed by atoms with Gasteiger partial charge >= 0.3 is 0 Å². The van der Waals surface area contributed by atoms with Crippen molar-refractivity contribution < 1.29 is 4.79 Å². The van der Waals surface area contributed by atoms with E-state index in [4.69, 9.17) is 5.10 Å². The van der Waals surface area contributed by atoms with Crippen molar-refractivity contribution in [3.05, 3.63) is 66.4 Å². The minimum atomic E-state index is -0.0458. The molecule has 1 amide bonds. The molecule has 5 heteroatoms. The van der Waals surface area contributed by atoms with E-state index in [1.807, 2.05) is 67.8 Å². The van der Waals surface area contributed by atoms with Gasteiger partial charge in [0.1, 0.15) is 5.56 Å². The highest BCUT2D eigenvalue weighted by Crippen LogP contribution is 2.39. The fourth-order valence-corrected chi connectivity index (χ4v) is 3.13. The number of hydrogen-bond acceptors (Lipinski definition) is 3. The Balaban J connectivity index is 1.93. The number of nitrogens with zero attached hydrogens (tertiary/aromatic N) is 4. The van der Waals surface area contributed by atoms with Gasteiger partial charge in [0.2, 0.25) is 0 Å². The van der Waals surface area contributed by atoms with Crippen molar-refractivity contribution in [1.29, 1.82) is 0 Å². The summed E-state index contributed by atoms with van der Waals surface area (Å²) < 4.78 is 1.77. The molecule has 5 nitrogen and oxygen atoms in total. The molecular formula is C19H18N4O. The minimum Gasteiger partial charge on any atom is -0.323 e. The van der Waals surface area contributed by atoms with Crippen LogP contribution in [0.3, 0.4) is 0 Å². The number of aromatic nitrogens is 2. The van der Waals surface area contributed by atoms with Gasteiger partial charge in [-0.3, -0.25) is 4.79 Å². The first-order valence-electron chi connectivity index (χ1n) is 8.00. The number of rotatable bonds is 2. The predicted molar refractivity (Wildman–Crippen MR) is 95.4 cm³/mol. The Morgan fingerprint density at radius 2 is 1.62 bits per heavy atom. The Bertz CT molecular complexity index is 901. The maximum absolute atomic E-state index is 13.0. The number of anilines is 3. The molecule has 120 valence electrons. The normalized spacial score (nSPS) is 13.5. The van der Waals surface area contributed by atoms with Gasteiger partial charge in [-0.15, -0.1) is 5.10 Å². The summed E-state index contributed by atoms with van der Waals surface area (Å²) in [6.45, 7) is 2.80. The molecule has 0 saturated carbocycles. The molecule has 0 saturated heterocycles. The third kappa shape index (κ3) is 2.09. The first-order chi connectivity index (χ1) is 11.7. The van der Waals surface area contributed by atoms with Crippen molar-refractivity contribution in [2.24, 2.45) is 0 Å². The highest BCUT2D eigenvalue weighted by molar-refractivity contribution is 6.13. The van der Waals surface area contributed by atoms with Gasteiger partial charge in [-0.1, -0.05) is 30.3 Å². The van der Waals surface area contributed by atoms with Crippen molar-refractivity contribution in [2.75, 3.05) is 23.4 Å². The average Bonchev–Trinajstić information content (AvgIpc) is 3.04. The smallest absolute Gasteiger partial charge is 0.263 e. The summed E-state index contributed by atoms with van der Waals surface area (Å²) in [5, 5.41) is 4.71. The molecule has 2 aromatic carbocycles. The summed E-state index contributed by atoms with van der Waals surface area (Å²) in [5.74, 6) is 0.652. The van der Waals surface area contributed by atoms with Crippen LogP contribution in [0.5, 0.6) is 0 Å². The van der Waals surface area contributed by atoms with Crippen LogP contribution < -0.4 is 9.80 Å². The minimum absolute atomic E-state index is 0.0458. The van der Waals surface area contributed by atoms with Crippen LogP contribution in [-0.2, 0) is 0 Å². The first kappa shape index (κ1) is 14.5. The monoisotopic (exact) mass is 318 g/mol. The summed E-state index contributed by atoms with van der Waals surface area (Å²) in [4.78, 5) is 16.7. The number of fused-ring (bicyclic) bond motifs is 2. The van der Waals surface area contributed by atoms with Crippen molar-refractivity contribution >= 4 is 23.1 Å². The zero-order valence-electron chi connectivity index (χ0n) is 13.7. The number of carbonyl (C=O) groups is 1. The standard InChI is InChI=1S/C19H18N4O/c1-3-22-17-12-8-7-11-16(17)21(2)19(24)15-13-23(20-18(15)22)14-9-5-4-6-10-14/h4-13H,3H2,1-2H3. The first-order valence-corrected chi connectivity index (χ1v) is 8.00. The lowest BCUT2D eigenvalue weighted by molar-refractivity contribution is 0.0994. The highest BCUT2D eigenvalue weighted by atomic mass is 16.2. The van der Waals surface area contributed by atoms with Gasteiger partial charge in [0.05, 0.1) is 17.1 Å². The average molecular weight is 318 g/mol. The van der Waals surface area contributed by atoms with E-state index in [-0.39, 0.29) is 5.91 Å². The quantitative estimate of drug-likeness (QED) is 0.724. The van der Waals surface area contributed by atoms with Gasteiger partial charge in [0.15, 0.2) is 5.82 Å². The maximum Gasteiger partial charge on any atom is 0.263 e. The molecule has 3 aromatic rings. The summed E-state index contributed by atoms with van der Waals surface area (Å²) in [6.07, 6.45) is 1.82. The van der Waals surface area contributed by atoms with Crippen molar-refractivity contribution in [3.63, 3.8) is 0 Å². The molecule has 0 radical (unpaired) electrons. The Morgan fingerprint density at radius 3 is 2.33 bits per heavy atom. The third-order valence-electron chi connectivity index (χ3n) is 4.36. The van der Waals surface area contributed by atoms with E-state index >= 15 is 0 Å². The fraction of sp³-hybridized carbons (Fsp3) is 0.158. The van der Waals surface area contributed by atoms with E-state index < -0.39 is 0 Å². The number of hydrogen-bond donors (Lipinski definition) is 0. The van der Waals surface area contributed by atoms with Crippen LogP contribution in [0.2, 0.25) is 0 Å². The molecule has 0 unspecified atom stereocenters. The molecule has 1 aromatic heterocycles. The molecule has 4 rings (SSSR count). The van der Waals surface area contributed by atoms with Gasteiger partial charge in [-0.2, -0.15) is 0 Å². The molecule has 0 bridgehead atoms. The number of benzene rings is 2. The lowest BCUT2D eigenvalue weighted by atomic mass is 10.2. The van der Waals surface area contributed by atoms with E-state index in [0.717, 1.165) is 23.6 Å². The molecule has 0 aliphatic carbocycles. The molecule has 1 aliphatic heterocycles. The summed E-state index contributed by atoms with van der Waals surface area (Å²) >= 11 is 0. The van der Waals surface area contributed by atoms with Crippen molar-refractivity contribution in [3.8, 4) is 5.69 Å². The molecule has 24 heavy (non-hydrogen) atoms. The number of amides is 1. The van der Waals surface area contributed by atoms with Crippen LogP contribution in [-0.4, -0.2) is 29.3 Å². The van der Waals surface area contributed by atoms with Gasteiger partial charge in [0.25, 0.3) is 5.91 Å². The second kappa shape index (κ2) is 5.53. The van der Waals surface area contributed by atoms with Crippen LogP contribution in [0.25, 0.3) is 5.69 Å². The van der Waals surface area contributed by atoms with Gasteiger partial charge in [0, 0.05) is 19.8 Å². The second-order valence-electron chi connectivity index (χ2n) is 5.74. The number of para-hydroxylation sites is 3. The Morgan fingerprint density at radius 1 is 0.958 bits per heavy atom. The van der Waals surface area contributed by atoms with Gasteiger partial charge in [-0.05, 0) is 31.2 Å². The predicted octanol–water partition coefficient (Wildman–Crippen LogP) is 3.62. The lowest BCUT2D eigenvalue weighted by Gasteiger charge is -2.23. The summed E-state index contributed by atoms with van der Waals surface area (Å²) in [5.41, 5.74) is 3.44. The van der Waals surface area contributed by atoms with Crippen molar-refractivity contribution in [1.82, 2.24) is 9.78 Å². The SMILES string of the molecule is CCN1c2ccccc2N(C)C(=O)c2cn(-c3ccccc3)nc21. The molecule has 0 atom stereocenters. The van der Waals surface area contributed by atoms with Crippen LogP contribution in [0, 0.1) is 0 Å². The second-order valence-corrected chi connectivity index (χ2v) is 5.74. The lowest BCUT2D eigenvalue weighted by Crippen LogP contribution is -2.25.